The van der Waals surface area contributed by atoms with Gasteiger partial charge in [-0.1, -0.05) is 0 Å². The molecule has 2 unspecified atom stereocenters. The molecule has 2 heterocycles. The van der Waals surface area contributed by atoms with Gasteiger partial charge in [0.1, 0.15) is 18.0 Å². The maximum atomic E-state index is 12.2. The van der Waals surface area contributed by atoms with E-state index in [-0.39, 0.29) is 24.5 Å². The Bertz CT molecular complexity index is 543. The summed E-state index contributed by atoms with van der Waals surface area (Å²) in [5.74, 6) is 1.93. The average molecular weight is 277 g/mol. The van der Waals surface area contributed by atoms with E-state index in [1.807, 2.05) is 13.8 Å². The molecule has 2 N–H and O–H groups in total. The number of Topliss-reactive ketones (excluding diaryl/α,β-unsaturated/α-hetero) is 1. The van der Waals surface area contributed by atoms with Crippen LogP contribution in [0.1, 0.15) is 35.3 Å². The number of hydrogen-bond acceptors (Lipinski definition) is 5. The number of ketones is 1. The molecular formula is C15H19NO4. The lowest BCUT2D eigenvalue weighted by atomic mass is 9.94. The molecule has 0 bridgehead atoms. The smallest absolute Gasteiger partial charge is 0.180 e. The molecule has 5 heteroatoms. The zero-order valence-corrected chi connectivity index (χ0v) is 12.0. The van der Waals surface area contributed by atoms with Gasteiger partial charge in [-0.25, -0.2) is 0 Å². The van der Waals surface area contributed by atoms with Crippen LogP contribution in [0.3, 0.4) is 0 Å². The van der Waals surface area contributed by atoms with E-state index in [0.717, 1.165) is 11.1 Å². The van der Waals surface area contributed by atoms with Gasteiger partial charge in [0, 0.05) is 24.0 Å². The Hall–Kier alpha value is -1.75. The Balaban J connectivity index is 2.28. The summed E-state index contributed by atoms with van der Waals surface area (Å²) in [6.45, 7) is 3.92. The van der Waals surface area contributed by atoms with Crippen LogP contribution in [0.15, 0.2) is 0 Å². The fourth-order valence-electron chi connectivity index (χ4n) is 3.09. The Morgan fingerprint density at radius 3 is 2.40 bits per heavy atom. The van der Waals surface area contributed by atoms with E-state index in [9.17, 15) is 4.79 Å². The van der Waals surface area contributed by atoms with Crippen LogP contribution < -0.4 is 19.9 Å². The third-order valence-corrected chi connectivity index (χ3v) is 3.85. The monoisotopic (exact) mass is 277 g/mol. The quantitative estimate of drug-likeness (QED) is 0.847. The molecule has 2 aliphatic heterocycles. The summed E-state index contributed by atoms with van der Waals surface area (Å²) >= 11 is 0. The minimum Gasteiger partial charge on any atom is -0.492 e. The summed E-state index contributed by atoms with van der Waals surface area (Å²) in [5.41, 5.74) is 7.94. The number of nitrogens with two attached hydrogens (primary N) is 1. The normalized spacial score (nSPS) is 22.8. The number of benzene rings is 1. The molecule has 20 heavy (non-hydrogen) atoms. The SMILES string of the molecule is COc1c2c(c(C(=O)CN)c3c1OC(C)C3)OC(C)C2. The molecule has 0 fully saturated rings. The zero-order valence-electron chi connectivity index (χ0n) is 12.0. The van der Waals surface area contributed by atoms with Crippen molar-refractivity contribution in [3.63, 3.8) is 0 Å². The predicted octanol–water partition coefficient (Wildman–Crippen LogP) is 1.48. The molecule has 2 aliphatic rings. The molecule has 0 saturated heterocycles. The van der Waals surface area contributed by atoms with Crippen molar-refractivity contribution in [2.24, 2.45) is 5.73 Å². The van der Waals surface area contributed by atoms with E-state index in [0.29, 0.717) is 35.7 Å². The fraction of sp³-hybridized carbons (Fsp3) is 0.533. The minimum absolute atomic E-state index is 0.0304. The summed E-state index contributed by atoms with van der Waals surface area (Å²) in [6.07, 6.45) is 1.46. The van der Waals surface area contributed by atoms with E-state index < -0.39 is 0 Å². The van der Waals surface area contributed by atoms with Crippen molar-refractivity contribution >= 4 is 5.78 Å². The number of fused-ring (bicyclic) bond motifs is 2. The maximum Gasteiger partial charge on any atom is 0.180 e. The van der Waals surface area contributed by atoms with Crippen molar-refractivity contribution in [1.82, 2.24) is 0 Å². The van der Waals surface area contributed by atoms with Gasteiger partial charge in [0.15, 0.2) is 17.3 Å². The summed E-state index contributed by atoms with van der Waals surface area (Å²) < 4.78 is 17.2. The Morgan fingerprint density at radius 2 is 1.80 bits per heavy atom. The lowest BCUT2D eigenvalue weighted by Crippen LogP contribution is -2.17. The second-order valence-electron chi connectivity index (χ2n) is 5.42. The van der Waals surface area contributed by atoms with Crippen LogP contribution in [0, 0.1) is 0 Å². The fourth-order valence-corrected chi connectivity index (χ4v) is 3.09. The summed E-state index contributed by atoms with van der Waals surface area (Å²) in [5, 5.41) is 0. The minimum atomic E-state index is -0.105. The van der Waals surface area contributed by atoms with Gasteiger partial charge in [-0.15, -0.1) is 0 Å². The van der Waals surface area contributed by atoms with Gasteiger partial charge < -0.3 is 19.9 Å². The van der Waals surface area contributed by atoms with Gasteiger partial charge in [0.05, 0.1) is 19.2 Å². The van der Waals surface area contributed by atoms with Gasteiger partial charge in [0.25, 0.3) is 0 Å². The van der Waals surface area contributed by atoms with Crippen LogP contribution >= 0.6 is 0 Å². The van der Waals surface area contributed by atoms with Crippen LogP contribution in [0.4, 0.5) is 0 Å². The topological polar surface area (TPSA) is 70.8 Å². The van der Waals surface area contributed by atoms with Crippen LogP contribution in [0.25, 0.3) is 0 Å². The standard InChI is InChI=1S/C15H19NO4/c1-7-4-9-12(11(17)6-16)13-10(5-8(2)19-13)14(18-3)15(9)20-7/h7-8H,4-6,16H2,1-3H3. The third-order valence-electron chi connectivity index (χ3n) is 3.85. The summed E-state index contributed by atoms with van der Waals surface area (Å²) in [4.78, 5) is 12.2. The molecule has 0 aliphatic carbocycles. The highest BCUT2D eigenvalue weighted by Crippen LogP contribution is 2.51. The van der Waals surface area contributed by atoms with E-state index in [4.69, 9.17) is 19.9 Å². The average Bonchev–Trinajstić information content (AvgIpc) is 2.96. The number of hydrogen-bond donors (Lipinski definition) is 1. The Kier molecular flexibility index (Phi) is 3.09. The first-order valence-electron chi connectivity index (χ1n) is 6.89. The summed E-state index contributed by atoms with van der Waals surface area (Å²) in [6, 6.07) is 0. The van der Waals surface area contributed by atoms with Gasteiger partial charge in [-0.3, -0.25) is 4.79 Å². The van der Waals surface area contributed by atoms with Gasteiger partial charge in [0.2, 0.25) is 0 Å². The summed E-state index contributed by atoms with van der Waals surface area (Å²) in [7, 11) is 1.62. The van der Waals surface area contributed by atoms with E-state index in [1.54, 1.807) is 7.11 Å². The second-order valence-corrected chi connectivity index (χ2v) is 5.42. The maximum absolute atomic E-state index is 12.2. The number of carbonyl (C=O) groups excluding carboxylic acids is 1. The first-order valence-corrected chi connectivity index (χ1v) is 6.89. The van der Waals surface area contributed by atoms with E-state index in [2.05, 4.69) is 0 Å². The van der Waals surface area contributed by atoms with Gasteiger partial charge in [-0.2, -0.15) is 0 Å². The number of rotatable bonds is 3. The zero-order chi connectivity index (χ0) is 14.4. The van der Waals surface area contributed by atoms with Crippen molar-refractivity contribution in [2.45, 2.75) is 38.9 Å². The largest absolute Gasteiger partial charge is 0.492 e. The van der Waals surface area contributed by atoms with Crippen LogP contribution in [-0.4, -0.2) is 31.6 Å². The first kappa shape index (κ1) is 13.2. The molecule has 0 saturated carbocycles. The highest BCUT2D eigenvalue weighted by molar-refractivity contribution is 6.03. The molecule has 0 spiro atoms. The van der Waals surface area contributed by atoms with Crippen LogP contribution in [0.5, 0.6) is 17.2 Å². The number of ether oxygens (including phenoxy) is 3. The molecule has 108 valence electrons. The van der Waals surface area contributed by atoms with Gasteiger partial charge in [-0.05, 0) is 13.8 Å². The molecule has 1 aromatic carbocycles. The molecule has 1 aromatic rings. The van der Waals surface area contributed by atoms with E-state index >= 15 is 0 Å². The molecule has 2 atom stereocenters. The van der Waals surface area contributed by atoms with Crippen LogP contribution in [0.2, 0.25) is 0 Å². The van der Waals surface area contributed by atoms with E-state index in [1.165, 1.54) is 0 Å². The molecule has 0 aromatic heterocycles. The Morgan fingerprint density at radius 1 is 1.20 bits per heavy atom. The second kappa shape index (κ2) is 4.66. The highest BCUT2D eigenvalue weighted by atomic mass is 16.5. The number of methoxy groups -OCH3 is 1. The molecule has 5 nitrogen and oxygen atoms in total. The van der Waals surface area contributed by atoms with Crippen LogP contribution in [-0.2, 0) is 12.8 Å². The molecule has 3 rings (SSSR count). The molecule has 0 radical (unpaired) electrons. The van der Waals surface area contributed by atoms with Crippen molar-refractivity contribution in [2.75, 3.05) is 13.7 Å². The van der Waals surface area contributed by atoms with Crippen molar-refractivity contribution in [3.8, 4) is 17.2 Å². The lowest BCUT2D eigenvalue weighted by Gasteiger charge is -2.15. The lowest BCUT2D eigenvalue weighted by molar-refractivity contribution is 0.0996. The first-order chi connectivity index (χ1) is 9.56. The Labute approximate surface area is 118 Å². The van der Waals surface area contributed by atoms with Crippen molar-refractivity contribution in [3.05, 3.63) is 16.7 Å². The highest BCUT2D eigenvalue weighted by Gasteiger charge is 2.38. The molecule has 0 amide bonds. The third kappa shape index (κ3) is 1.77. The van der Waals surface area contributed by atoms with Gasteiger partial charge >= 0.3 is 0 Å². The predicted molar refractivity (Wildman–Crippen MR) is 74.0 cm³/mol. The van der Waals surface area contributed by atoms with Crippen molar-refractivity contribution in [1.29, 1.82) is 0 Å². The molecular weight excluding hydrogens is 258 g/mol. The number of carbonyl (C=O) groups is 1. The van der Waals surface area contributed by atoms with Crippen molar-refractivity contribution < 1.29 is 19.0 Å².